The van der Waals surface area contributed by atoms with E-state index in [0.717, 1.165) is 11.3 Å². The third-order valence-electron chi connectivity index (χ3n) is 5.02. The van der Waals surface area contributed by atoms with Crippen LogP contribution in [0.2, 0.25) is 0 Å². The number of amides is 1. The van der Waals surface area contributed by atoms with Crippen LogP contribution in [0.25, 0.3) is 0 Å². The molecule has 0 saturated carbocycles. The van der Waals surface area contributed by atoms with E-state index in [0.29, 0.717) is 25.1 Å². The summed E-state index contributed by atoms with van der Waals surface area (Å²) in [5.74, 6) is 0.286. The second-order valence-electron chi connectivity index (χ2n) is 6.90. The summed E-state index contributed by atoms with van der Waals surface area (Å²) in [5, 5.41) is 0. The predicted molar refractivity (Wildman–Crippen MR) is 107 cm³/mol. The van der Waals surface area contributed by atoms with Crippen molar-refractivity contribution < 1.29 is 13.2 Å². The zero-order chi connectivity index (χ0) is 19.4. The second kappa shape index (κ2) is 8.08. The molecular weight excluding hydrogens is 362 g/mol. The topological polar surface area (TPSA) is 70.6 Å². The molecule has 1 amide bonds. The van der Waals surface area contributed by atoms with Crippen LogP contribution < -0.4 is 4.90 Å². The van der Waals surface area contributed by atoms with E-state index in [1.165, 1.54) is 0 Å². The summed E-state index contributed by atoms with van der Waals surface area (Å²) in [6, 6.07) is 11.6. The molecule has 0 bridgehead atoms. The quantitative estimate of drug-likeness (QED) is 0.761. The van der Waals surface area contributed by atoms with Crippen molar-refractivity contribution in [2.75, 3.05) is 30.0 Å². The lowest BCUT2D eigenvalue weighted by molar-refractivity contribution is 0.0752. The van der Waals surface area contributed by atoms with E-state index >= 15 is 0 Å². The number of rotatable bonds is 6. The van der Waals surface area contributed by atoms with Crippen molar-refractivity contribution in [1.82, 2.24) is 9.88 Å². The van der Waals surface area contributed by atoms with Gasteiger partial charge in [0.25, 0.3) is 5.91 Å². The van der Waals surface area contributed by atoms with Crippen molar-refractivity contribution in [3.8, 4) is 0 Å². The van der Waals surface area contributed by atoms with Gasteiger partial charge in [-0.2, -0.15) is 0 Å². The van der Waals surface area contributed by atoms with Gasteiger partial charge in [0, 0.05) is 32.4 Å². The van der Waals surface area contributed by atoms with Gasteiger partial charge in [0.15, 0.2) is 9.84 Å². The summed E-state index contributed by atoms with van der Waals surface area (Å²) < 4.78 is 23.5. The molecule has 3 rings (SSSR count). The first-order valence-electron chi connectivity index (χ1n) is 9.11. The van der Waals surface area contributed by atoms with Gasteiger partial charge >= 0.3 is 0 Å². The van der Waals surface area contributed by atoms with Crippen LogP contribution in [-0.4, -0.2) is 55.3 Å². The standard InChI is InChI=1S/C20H25N3O3S/c1-3-23(14-16-7-5-4-6-8-16)20(24)17-11-19(13-21-12-17)22(2)18-9-10-27(25,26)15-18/h4-8,11-13,18H,3,9-10,14-15H2,1-2H3. The molecule has 27 heavy (non-hydrogen) atoms. The van der Waals surface area contributed by atoms with Gasteiger partial charge in [-0.05, 0) is 25.0 Å². The fourth-order valence-corrected chi connectivity index (χ4v) is 5.12. The van der Waals surface area contributed by atoms with E-state index in [4.69, 9.17) is 0 Å². The highest BCUT2D eigenvalue weighted by Crippen LogP contribution is 2.23. The van der Waals surface area contributed by atoms with E-state index < -0.39 is 9.84 Å². The fourth-order valence-electron chi connectivity index (χ4n) is 3.34. The highest BCUT2D eigenvalue weighted by molar-refractivity contribution is 7.91. The first-order chi connectivity index (χ1) is 12.9. The van der Waals surface area contributed by atoms with Crippen LogP contribution in [0, 0.1) is 0 Å². The molecule has 1 aromatic carbocycles. The van der Waals surface area contributed by atoms with Gasteiger partial charge in [-0.15, -0.1) is 0 Å². The maximum Gasteiger partial charge on any atom is 0.255 e. The third-order valence-corrected chi connectivity index (χ3v) is 6.77. The molecule has 1 aliphatic heterocycles. The molecule has 0 N–H and O–H groups in total. The van der Waals surface area contributed by atoms with Gasteiger partial charge in [-0.1, -0.05) is 30.3 Å². The van der Waals surface area contributed by atoms with Crippen molar-refractivity contribution in [2.45, 2.75) is 25.9 Å². The molecule has 1 aliphatic rings. The van der Waals surface area contributed by atoms with Crippen molar-refractivity contribution in [2.24, 2.45) is 0 Å². The van der Waals surface area contributed by atoms with Crippen LogP contribution in [0.5, 0.6) is 0 Å². The summed E-state index contributed by atoms with van der Waals surface area (Å²) in [5.41, 5.74) is 2.35. The number of benzene rings is 1. The monoisotopic (exact) mass is 387 g/mol. The van der Waals surface area contributed by atoms with Crippen LogP contribution in [-0.2, 0) is 16.4 Å². The number of nitrogens with zero attached hydrogens (tertiary/aromatic N) is 3. The lowest BCUT2D eigenvalue weighted by Gasteiger charge is -2.26. The van der Waals surface area contributed by atoms with E-state index in [-0.39, 0.29) is 23.5 Å². The first-order valence-corrected chi connectivity index (χ1v) is 10.9. The molecule has 0 radical (unpaired) electrons. The number of aromatic nitrogens is 1. The second-order valence-corrected chi connectivity index (χ2v) is 9.13. The summed E-state index contributed by atoms with van der Waals surface area (Å²) in [4.78, 5) is 20.9. The average Bonchev–Trinajstić information content (AvgIpc) is 3.05. The Kier molecular flexibility index (Phi) is 5.79. The van der Waals surface area contributed by atoms with Crippen LogP contribution in [0.15, 0.2) is 48.8 Å². The molecule has 7 heteroatoms. The van der Waals surface area contributed by atoms with Crippen LogP contribution in [0.1, 0.15) is 29.3 Å². The number of carbonyl (C=O) groups is 1. The van der Waals surface area contributed by atoms with Gasteiger partial charge in [-0.25, -0.2) is 8.42 Å². The molecule has 1 unspecified atom stereocenters. The number of sulfone groups is 1. The Hall–Kier alpha value is -2.41. The Labute approximate surface area is 160 Å². The smallest absolute Gasteiger partial charge is 0.255 e. The van der Waals surface area contributed by atoms with Gasteiger partial charge in [0.1, 0.15) is 0 Å². The highest BCUT2D eigenvalue weighted by atomic mass is 32.2. The summed E-state index contributed by atoms with van der Waals surface area (Å²) in [6.07, 6.45) is 3.85. The minimum atomic E-state index is -2.96. The maximum atomic E-state index is 13.0. The lowest BCUT2D eigenvalue weighted by Crippen LogP contribution is -2.33. The molecule has 1 aromatic heterocycles. The molecule has 1 atom stereocenters. The highest BCUT2D eigenvalue weighted by Gasteiger charge is 2.31. The summed E-state index contributed by atoms with van der Waals surface area (Å²) >= 11 is 0. The lowest BCUT2D eigenvalue weighted by atomic mass is 10.1. The summed E-state index contributed by atoms with van der Waals surface area (Å²) in [7, 11) is -1.10. The predicted octanol–water partition coefficient (Wildman–Crippen LogP) is 2.37. The molecule has 1 fully saturated rings. The van der Waals surface area contributed by atoms with Gasteiger partial charge < -0.3 is 9.80 Å². The number of anilines is 1. The van der Waals surface area contributed by atoms with Crippen molar-refractivity contribution in [3.63, 3.8) is 0 Å². The molecule has 2 aromatic rings. The average molecular weight is 388 g/mol. The molecule has 0 aliphatic carbocycles. The SMILES string of the molecule is CCN(Cc1ccccc1)C(=O)c1cncc(N(C)C2CCS(=O)(=O)C2)c1. The Morgan fingerprint density at radius 2 is 1.96 bits per heavy atom. The van der Waals surface area contributed by atoms with Crippen molar-refractivity contribution >= 4 is 21.4 Å². The molecule has 1 saturated heterocycles. The van der Waals surface area contributed by atoms with E-state index in [9.17, 15) is 13.2 Å². The van der Waals surface area contributed by atoms with Crippen LogP contribution in [0.4, 0.5) is 5.69 Å². The molecule has 144 valence electrons. The van der Waals surface area contributed by atoms with Gasteiger partial charge in [-0.3, -0.25) is 9.78 Å². The fraction of sp³-hybridized carbons (Fsp3) is 0.400. The minimum Gasteiger partial charge on any atom is -0.369 e. The van der Waals surface area contributed by atoms with Crippen LogP contribution >= 0.6 is 0 Å². The molecule has 0 spiro atoms. The Morgan fingerprint density at radius 3 is 2.59 bits per heavy atom. The zero-order valence-electron chi connectivity index (χ0n) is 15.7. The largest absolute Gasteiger partial charge is 0.369 e. The van der Waals surface area contributed by atoms with E-state index in [1.807, 2.05) is 49.2 Å². The molecular formula is C20H25N3O3S. The van der Waals surface area contributed by atoms with E-state index in [1.54, 1.807) is 23.4 Å². The Balaban J connectivity index is 1.76. The number of carbonyl (C=O) groups excluding carboxylic acids is 1. The summed E-state index contributed by atoms with van der Waals surface area (Å²) in [6.45, 7) is 3.08. The van der Waals surface area contributed by atoms with Gasteiger partial charge in [0.2, 0.25) is 0 Å². The first kappa shape index (κ1) is 19.4. The third kappa shape index (κ3) is 4.66. The normalized spacial score (nSPS) is 18.2. The Bertz CT molecular complexity index is 900. The van der Waals surface area contributed by atoms with Crippen molar-refractivity contribution in [1.29, 1.82) is 0 Å². The molecule has 2 heterocycles. The van der Waals surface area contributed by atoms with Crippen LogP contribution in [0.3, 0.4) is 0 Å². The maximum absolute atomic E-state index is 13.0. The minimum absolute atomic E-state index is 0.0752. The molecule has 6 nitrogen and oxygen atoms in total. The van der Waals surface area contributed by atoms with Gasteiger partial charge in [0.05, 0.1) is 29.0 Å². The number of hydrogen-bond acceptors (Lipinski definition) is 5. The van der Waals surface area contributed by atoms with Crippen molar-refractivity contribution in [3.05, 3.63) is 59.9 Å². The van der Waals surface area contributed by atoms with E-state index in [2.05, 4.69) is 4.98 Å². The number of pyridine rings is 1. The Morgan fingerprint density at radius 1 is 1.22 bits per heavy atom. The zero-order valence-corrected chi connectivity index (χ0v) is 16.5. The number of hydrogen-bond donors (Lipinski definition) is 0.